The Morgan fingerprint density at radius 2 is 0.696 bits per heavy atom. The summed E-state index contributed by atoms with van der Waals surface area (Å²) >= 11 is 0. The molecule has 0 N–H and O–H groups in total. The lowest BCUT2D eigenvalue weighted by Gasteiger charge is -2.29. The van der Waals surface area contributed by atoms with E-state index in [1.165, 1.54) is 28.5 Å². The number of aryl methyl sites for hydroxylation is 1. The number of fused-ring (bicyclic) bond motifs is 5. The van der Waals surface area contributed by atoms with Crippen LogP contribution in [0.3, 0.4) is 0 Å². The minimum atomic E-state index is -0.254. The van der Waals surface area contributed by atoms with Crippen LogP contribution in [0.4, 0.5) is 38.5 Å². The average molecular weight is 595 g/mol. The van der Waals surface area contributed by atoms with Crippen molar-refractivity contribution < 1.29 is 4.39 Å². The van der Waals surface area contributed by atoms with E-state index in [1.54, 1.807) is 0 Å². The molecule has 0 bridgehead atoms. The lowest BCUT2D eigenvalue weighted by Crippen LogP contribution is -2.12. The third-order valence-corrected chi connectivity index (χ3v) is 8.73. The van der Waals surface area contributed by atoms with Gasteiger partial charge in [0.15, 0.2) is 0 Å². The highest BCUT2D eigenvalue weighted by molar-refractivity contribution is 6.24. The summed E-state index contributed by atoms with van der Waals surface area (Å²) in [7, 11) is 0. The molecule has 3 heteroatoms. The van der Waals surface area contributed by atoms with Crippen molar-refractivity contribution in [3.63, 3.8) is 0 Å². The van der Waals surface area contributed by atoms with Crippen LogP contribution in [0.5, 0.6) is 0 Å². The molecule has 0 unspecified atom stereocenters. The lowest BCUT2D eigenvalue weighted by atomic mass is 9.93. The van der Waals surface area contributed by atoms with Crippen LogP contribution in [-0.4, -0.2) is 0 Å². The summed E-state index contributed by atoms with van der Waals surface area (Å²) in [6.07, 6.45) is 0. The predicted molar refractivity (Wildman–Crippen MR) is 193 cm³/mol. The van der Waals surface area contributed by atoms with Gasteiger partial charge in [0, 0.05) is 33.5 Å². The Labute approximate surface area is 268 Å². The summed E-state index contributed by atoms with van der Waals surface area (Å²) in [6, 6.07) is 58.3. The van der Waals surface area contributed by atoms with Crippen molar-refractivity contribution in [2.45, 2.75) is 6.92 Å². The van der Waals surface area contributed by atoms with Crippen LogP contribution in [0.15, 0.2) is 170 Å². The molecule has 0 atom stereocenters. The normalized spacial score (nSPS) is 11.3. The zero-order valence-electron chi connectivity index (χ0n) is 25.4. The van der Waals surface area contributed by atoms with Gasteiger partial charge in [-0.3, -0.25) is 0 Å². The van der Waals surface area contributed by atoms with Crippen molar-refractivity contribution >= 4 is 66.4 Å². The first-order valence-electron chi connectivity index (χ1n) is 15.6. The van der Waals surface area contributed by atoms with Gasteiger partial charge >= 0.3 is 0 Å². The van der Waals surface area contributed by atoms with E-state index in [0.29, 0.717) is 0 Å². The minimum Gasteiger partial charge on any atom is -0.310 e. The number of hydrogen-bond acceptors (Lipinski definition) is 2. The third-order valence-electron chi connectivity index (χ3n) is 8.73. The topological polar surface area (TPSA) is 6.48 Å². The number of rotatable bonds is 6. The number of benzene rings is 8. The molecule has 0 saturated heterocycles. The Bertz CT molecular complexity index is 2150. The highest BCUT2D eigenvalue weighted by Crippen LogP contribution is 2.47. The molecule has 46 heavy (non-hydrogen) atoms. The van der Waals surface area contributed by atoms with Crippen LogP contribution in [0, 0.1) is 12.7 Å². The molecule has 0 radical (unpaired) electrons. The summed E-state index contributed by atoms with van der Waals surface area (Å²) in [5, 5.41) is 6.94. The molecule has 0 fully saturated rings. The quantitative estimate of drug-likeness (QED) is 0.177. The zero-order chi connectivity index (χ0) is 31.0. The minimum absolute atomic E-state index is 0.254. The maximum atomic E-state index is 14.1. The van der Waals surface area contributed by atoms with Crippen molar-refractivity contribution in [3.05, 3.63) is 181 Å². The SMILES string of the molecule is Cc1ccc(N(c2ccccc2)c2cc3c4ccccc4c(N(c4ccccc4)c4ccc(F)cc4)cc3c3ccccc23)cc1. The molecule has 0 aliphatic heterocycles. The van der Waals surface area contributed by atoms with E-state index in [2.05, 4.69) is 144 Å². The third kappa shape index (κ3) is 4.83. The van der Waals surface area contributed by atoms with E-state index in [0.717, 1.165) is 55.7 Å². The van der Waals surface area contributed by atoms with E-state index in [-0.39, 0.29) is 5.82 Å². The van der Waals surface area contributed by atoms with Crippen LogP contribution in [0.1, 0.15) is 5.56 Å². The van der Waals surface area contributed by atoms with Gasteiger partial charge in [-0.05, 0) is 101 Å². The Balaban J connectivity index is 1.46. The predicted octanol–water partition coefficient (Wildman–Crippen LogP) is 12.5. The second kappa shape index (κ2) is 11.5. The molecule has 0 saturated carbocycles. The van der Waals surface area contributed by atoms with Gasteiger partial charge in [-0.25, -0.2) is 4.39 Å². The molecular formula is C43H31FN2. The highest BCUT2D eigenvalue weighted by Gasteiger charge is 2.21. The number of nitrogens with zero attached hydrogens (tertiary/aromatic N) is 2. The molecule has 220 valence electrons. The molecule has 0 aliphatic rings. The van der Waals surface area contributed by atoms with E-state index in [9.17, 15) is 4.39 Å². The Morgan fingerprint density at radius 1 is 0.348 bits per heavy atom. The largest absolute Gasteiger partial charge is 0.310 e. The molecule has 8 aromatic carbocycles. The summed E-state index contributed by atoms with van der Waals surface area (Å²) in [6.45, 7) is 2.12. The second-order valence-electron chi connectivity index (χ2n) is 11.6. The number of hydrogen-bond donors (Lipinski definition) is 0. The van der Waals surface area contributed by atoms with Crippen LogP contribution in [0.2, 0.25) is 0 Å². The van der Waals surface area contributed by atoms with E-state index in [4.69, 9.17) is 0 Å². The average Bonchev–Trinajstić information content (AvgIpc) is 3.11. The van der Waals surface area contributed by atoms with Crippen molar-refractivity contribution in [2.75, 3.05) is 9.80 Å². The maximum Gasteiger partial charge on any atom is 0.123 e. The maximum absolute atomic E-state index is 14.1. The van der Waals surface area contributed by atoms with Crippen molar-refractivity contribution in [3.8, 4) is 0 Å². The fourth-order valence-electron chi connectivity index (χ4n) is 6.58. The standard InChI is InChI=1S/C43H31FN2/c1-30-20-24-34(25-21-30)45(32-12-4-2-5-13-32)42-28-40-37-17-9-11-19-39(37)43(29-41(40)36-16-8-10-18-38(36)42)46(33-14-6-3-7-15-33)35-26-22-31(44)23-27-35/h2-29H,1H3. The molecule has 0 aliphatic carbocycles. The van der Waals surface area contributed by atoms with Crippen LogP contribution >= 0.6 is 0 Å². The lowest BCUT2D eigenvalue weighted by molar-refractivity contribution is 0.628. The van der Waals surface area contributed by atoms with Crippen molar-refractivity contribution in [1.82, 2.24) is 0 Å². The Morgan fingerprint density at radius 3 is 1.13 bits per heavy atom. The van der Waals surface area contributed by atoms with Gasteiger partial charge < -0.3 is 9.80 Å². The number of para-hydroxylation sites is 2. The molecule has 0 spiro atoms. The molecule has 0 amide bonds. The van der Waals surface area contributed by atoms with Crippen LogP contribution in [0.25, 0.3) is 32.3 Å². The summed E-state index contributed by atoms with van der Waals surface area (Å²) in [5.41, 5.74) is 7.49. The first-order chi connectivity index (χ1) is 22.7. The van der Waals surface area contributed by atoms with Gasteiger partial charge in [0.05, 0.1) is 11.4 Å². The van der Waals surface area contributed by atoms with E-state index in [1.807, 2.05) is 30.3 Å². The summed E-state index contributed by atoms with van der Waals surface area (Å²) in [4.78, 5) is 4.59. The molecule has 0 aromatic heterocycles. The smallest absolute Gasteiger partial charge is 0.123 e. The van der Waals surface area contributed by atoms with Crippen molar-refractivity contribution in [2.24, 2.45) is 0 Å². The van der Waals surface area contributed by atoms with Gasteiger partial charge in [0.25, 0.3) is 0 Å². The fraction of sp³-hybridized carbons (Fsp3) is 0.0233. The van der Waals surface area contributed by atoms with E-state index >= 15 is 0 Å². The molecule has 2 nitrogen and oxygen atoms in total. The van der Waals surface area contributed by atoms with E-state index < -0.39 is 0 Å². The van der Waals surface area contributed by atoms with Gasteiger partial charge in [-0.2, -0.15) is 0 Å². The van der Waals surface area contributed by atoms with Gasteiger partial charge in [0.1, 0.15) is 5.82 Å². The van der Waals surface area contributed by atoms with Crippen molar-refractivity contribution in [1.29, 1.82) is 0 Å². The fourth-order valence-corrected chi connectivity index (χ4v) is 6.58. The number of halogens is 1. The first-order valence-corrected chi connectivity index (χ1v) is 15.6. The Hall–Kier alpha value is -5.93. The van der Waals surface area contributed by atoms with Crippen LogP contribution in [-0.2, 0) is 0 Å². The molecule has 0 heterocycles. The molecule has 8 rings (SSSR count). The highest BCUT2D eigenvalue weighted by atomic mass is 19.1. The summed E-state index contributed by atoms with van der Waals surface area (Å²) < 4.78 is 14.1. The summed E-state index contributed by atoms with van der Waals surface area (Å²) in [5.74, 6) is -0.254. The molecule has 8 aromatic rings. The van der Waals surface area contributed by atoms with Crippen LogP contribution < -0.4 is 9.80 Å². The van der Waals surface area contributed by atoms with Gasteiger partial charge in [0.2, 0.25) is 0 Å². The van der Waals surface area contributed by atoms with Gasteiger partial charge in [-0.1, -0.05) is 103 Å². The van der Waals surface area contributed by atoms with Gasteiger partial charge in [-0.15, -0.1) is 0 Å². The second-order valence-corrected chi connectivity index (χ2v) is 11.6. The Kier molecular flexibility index (Phi) is 6.92. The molecular weight excluding hydrogens is 563 g/mol. The monoisotopic (exact) mass is 594 g/mol. The number of anilines is 6. The first kappa shape index (κ1) is 27.6. The zero-order valence-corrected chi connectivity index (χ0v) is 25.4.